The number of fused-ring (bicyclic) bond motifs is 1. The number of hydrogen-bond donors (Lipinski definition) is 2. The van der Waals surface area contributed by atoms with Crippen molar-refractivity contribution in [2.24, 2.45) is 4.99 Å². The van der Waals surface area contributed by atoms with Crippen molar-refractivity contribution >= 4 is 11.6 Å². The number of aliphatic imine (C=N–C) groups is 1. The molecule has 0 aliphatic rings. The summed E-state index contributed by atoms with van der Waals surface area (Å²) in [6, 6.07) is 10.7. The zero-order chi connectivity index (χ0) is 21.3. The van der Waals surface area contributed by atoms with Crippen molar-refractivity contribution < 1.29 is 18.3 Å². The zero-order valence-electron chi connectivity index (χ0n) is 16.8. The van der Waals surface area contributed by atoms with E-state index in [-0.39, 0.29) is 11.5 Å². The molecule has 2 heterocycles. The number of rotatable bonds is 9. The molecule has 3 rings (SSSR count). The van der Waals surface area contributed by atoms with E-state index in [4.69, 9.17) is 4.74 Å². The van der Waals surface area contributed by atoms with Gasteiger partial charge in [-0.1, -0.05) is 12.1 Å². The lowest BCUT2D eigenvalue weighted by Gasteiger charge is -2.13. The lowest BCUT2D eigenvalue weighted by molar-refractivity contribution is -0.0512. The number of aromatic nitrogens is 3. The highest BCUT2D eigenvalue weighted by atomic mass is 19.3. The molecule has 2 N–H and O–H groups in total. The Balaban J connectivity index is 1.61. The van der Waals surface area contributed by atoms with Gasteiger partial charge >= 0.3 is 6.61 Å². The van der Waals surface area contributed by atoms with Gasteiger partial charge in [-0.2, -0.15) is 8.78 Å². The molecule has 0 aliphatic heterocycles. The Labute approximate surface area is 172 Å². The molecule has 3 aromatic rings. The van der Waals surface area contributed by atoms with E-state index in [2.05, 4.69) is 30.6 Å². The lowest BCUT2D eigenvalue weighted by atomic mass is 10.1. The molecule has 0 saturated heterocycles. The third-order valence-corrected chi connectivity index (χ3v) is 4.26. The third kappa shape index (κ3) is 5.56. The van der Waals surface area contributed by atoms with Crippen molar-refractivity contribution in [3.05, 3.63) is 54.0 Å². The Morgan fingerprint density at radius 1 is 1.17 bits per heavy atom. The van der Waals surface area contributed by atoms with Crippen LogP contribution >= 0.6 is 0 Å². The Kier molecular flexibility index (Phi) is 7.36. The number of nitrogens with zero attached hydrogens (tertiary/aromatic N) is 4. The fraction of sp³-hybridized carbons (Fsp3) is 0.350. The minimum Gasteiger partial charge on any atom is -0.493 e. The Morgan fingerprint density at radius 3 is 2.80 bits per heavy atom. The summed E-state index contributed by atoms with van der Waals surface area (Å²) >= 11 is 0. The summed E-state index contributed by atoms with van der Waals surface area (Å²) in [5, 5.41) is 14.7. The quantitative estimate of drug-likeness (QED) is 0.411. The second-order valence-electron chi connectivity index (χ2n) is 6.28. The van der Waals surface area contributed by atoms with Crippen LogP contribution in [0.1, 0.15) is 18.3 Å². The van der Waals surface area contributed by atoms with Crippen molar-refractivity contribution in [2.45, 2.75) is 26.5 Å². The molecule has 160 valence electrons. The van der Waals surface area contributed by atoms with Crippen molar-refractivity contribution in [3.8, 4) is 11.5 Å². The first kappa shape index (κ1) is 21.3. The van der Waals surface area contributed by atoms with Crippen molar-refractivity contribution in [1.82, 2.24) is 25.2 Å². The van der Waals surface area contributed by atoms with Gasteiger partial charge in [-0.25, -0.2) is 4.99 Å². The average molecular weight is 418 g/mol. The zero-order valence-corrected chi connectivity index (χ0v) is 16.8. The first-order valence-electron chi connectivity index (χ1n) is 9.53. The van der Waals surface area contributed by atoms with Crippen LogP contribution in [0.4, 0.5) is 8.78 Å². The number of guanidine groups is 1. The van der Waals surface area contributed by atoms with E-state index in [0.29, 0.717) is 32.0 Å². The summed E-state index contributed by atoms with van der Waals surface area (Å²) in [7, 11) is 1.41. The van der Waals surface area contributed by atoms with Crippen LogP contribution < -0.4 is 20.1 Å². The van der Waals surface area contributed by atoms with Crippen LogP contribution in [0, 0.1) is 0 Å². The van der Waals surface area contributed by atoms with Gasteiger partial charge in [0, 0.05) is 19.3 Å². The van der Waals surface area contributed by atoms with Gasteiger partial charge in [0.1, 0.15) is 6.54 Å². The second-order valence-corrected chi connectivity index (χ2v) is 6.28. The molecule has 0 fully saturated rings. The average Bonchev–Trinajstić information content (AvgIpc) is 3.15. The van der Waals surface area contributed by atoms with Gasteiger partial charge in [0.2, 0.25) is 0 Å². The van der Waals surface area contributed by atoms with E-state index >= 15 is 0 Å². The summed E-state index contributed by atoms with van der Waals surface area (Å²) in [5.74, 6) is 1.64. The monoisotopic (exact) mass is 418 g/mol. The van der Waals surface area contributed by atoms with Crippen LogP contribution in [0.25, 0.3) is 5.65 Å². The molecule has 0 amide bonds. The Bertz CT molecular complexity index is 992. The maximum Gasteiger partial charge on any atom is 0.387 e. The van der Waals surface area contributed by atoms with E-state index in [1.165, 1.54) is 7.11 Å². The topological polar surface area (TPSA) is 85.1 Å². The maximum atomic E-state index is 12.6. The van der Waals surface area contributed by atoms with Gasteiger partial charge in [0.05, 0.1) is 7.11 Å². The molecule has 0 atom stereocenters. The summed E-state index contributed by atoms with van der Waals surface area (Å²) < 4.78 is 36.6. The van der Waals surface area contributed by atoms with E-state index < -0.39 is 6.61 Å². The van der Waals surface area contributed by atoms with Crippen LogP contribution in [0.2, 0.25) is 0 Å². The molecule has 0 saturated carbocycles. The summed E-state index contributed by atoms with van der Waals surface area (Å²) in [6.45, 7) is 0.665. The van der Waals surface area contributed by atoms with Crippen LogP contribution in [0.15, 0.2) is 47.6 Å². The van der Waals surface area contributed by atoms with Gasteiger partial charge in [-0.05, 0) is 43.2 Å². The highest BCUT2D eigenvalue weighted by molar-refractivity contribution is 5.79. The maximum absolute atomic E-state index is 12.6. The lowest BCUT2D eigenvalue weighted by Crippen LogP contribution is -2.38. The number of nitrogens with one attached hydrogen (secondary N) is 2. The van der Waals surface area contributed by atoms with Crippen LogP contribution in [0.3, 0.4) is 0 Å². The standard InChI is InChI=1S/C20H24F2N6O2/c1-3-23-20(25-13-18-27-26-17-6-4-5-11-28(17)18)24-10-9-14-7-8-15(29-2)16(12-14)30-19(21)22/h4-8,11-12,19H,3,9-10,13H2,1-2H3,(H2,23,24,25). The van der Waals surface area contributed by atoms with Crippen LogP contribution in [-0.4, -0.2) is 47.4 Å². The molecule has 0 spiro atoms. The fourth-order valence-electron chi connectivity index (χ4n) is 2.88. The van der Waals surface area contributed by atoms with E-state index in [9.17, 15) is 8.78 Å². The Hall–Kier alpha value is -3.43. The molecule has 30 heavy (non-hydrogen) atoms. The molecule has 8 nitrogen and oxygen atoms in total. The normalized spacial score (nSPS) is 11.7. The van der Waals surface area contributed by atoms with E-state index in [1.54, 1.807) is 12.1 Å². The molecule has 0 radical (unpaired) electrons. The smallest absolute Gasteiger partial charge is 0.387 e. The Morgan fingerprint density at radius 2 is 2.03 bits per heavy atom. The molecule has 2 aromatic heterocycles. The van der Waals surface area contributed by atoms with E-state index in [0.717, 1.165) is 17.0 Å². The highest BCUT2D eigenvalue weighted by Gasteiger charge is 2.11. The minimum atomic E-state index is -2.91. The molecule has 1 aromatic carbocycles. The second kappa shape index (κ2) is 10.4. The SMILES string of the molecule is CCNC(=NCc1nnc2ccccn12)NCCc1ccc(OC)c(OC(F)F)c1. The number of hydrogen-bond acceptors (Lipinski definition) is 5. The van der Waals surface area contributed by atoms with Crippen LogP contribution in [0.5, 0.6) is 11.5 Å². The first-order chi connectivity index (χ1) is 14.6. The molecule has 0 bridgehead atoms. The number of halogens is 2. The first-order valence-corrected chi connectivity index (χ1v) is 9.53. The number of alkyl halides is 2. The minimum absolute atomic E-state index is 0.0178. The van der Waals surface area contributed by atoms with Gasteiger partial charge in [0.25, 0.3) is 0 Å². The molecule has 0 unspecified atom stereocenters. The predicted molar refractivity (Wildman–Crippen MR) is 109 cm³/mol. The van der Waals surface area contributed by atoms with Crippen molar-refractivity contribution in [2.75, 3.05) is 20.2 Å². The molecular weight excluding hydrogens is 394 g/mol. The summed E-state index contributed by atoms with van der Waals surface area (Å²) in [5.41, 5.74) is 1.60. The predicted octanol–water partition coefficient (Wildman–Crippen LogP) is 2.64. The largest absolute Gasteiger partial charge is 0.493 e. The van der Waals surface area contributed by atoms with Gasteiger partial charge in [-0.15, -0.1) is 10.2 Å². The number of methoxy groups -OCH3 is 1. The van der Waals surface area contributed by atoms with Crippen LogP contribution in [-0.2, 0) is 13.0 Å². The van der Waals surface area contributed by atoms with Gasteiger partial charge in [-0.3, -0.25) is 4.40 Å². The number of ether oxygens (including phenoxy) is 2. The fourth-order valence-corrected chi connectivity index (χ4v) is 2.88. The number of benzene rings is 1. The van der Waals surface area contributed by atoms with Gasteiger partial charge in [0.15, 0.2) is 28.9 Å². The van der Waals surface area contributed by atoms with Crippen molar-refractivity contribution in [3.63, 3.8) is 0 Å². The summed E-state index contributed by atoms with van der Waals surface area (Å²) in [4.78, 5) is 4.55. The van der Waals surface area contributed by atoms with Gasteiger partial charge < -0.3 is 20.1 Å². The molecule has 10 heteroatoms. The van der Waals surface area contributed by atoms with Crippen molar-refractivity contribution in [1.29, 1.82) is 0 Å². The highest BCUT2D eigenvalue weighted by Crippen LogP contribution is 2.29. The third-order valence-electron chi connectivity index (χ3n) is 4.26. The summed E-state index contributed by atoms with van der Waals surface area (Å²) in [6.07, 6.45) is 2.48. The molecule has 0 aliphatic carbocycles. The number of pyridine rings is 1. The van der Waals surface area contributed by atoms with E-state index in [1.807, 2.05) is 41.8 Å². The molecular formula is C20H24F2N6O2.